The standard InChI is InChI=1S/C15H24O5/c1-5-6-7-8-9-10(2)12(16)11-13(17)19-15(3,4)20-14(11)18/h10,16H,5-9H2,1-4H3. The zero-order valence-electron chi connectivity index (χ0n) is 12.7. The van der Waals surface area contributed by atoms with E-state index in [-0.39, 0.29) is 17.3 Å². The van der Waals surface area contributed by atoms with Crippen LogP contribution in [0, 0.1) is 5.92 Å². The van der Waals surface area contributed by atoms with Gasteiger partial charge in [0.25, 0.3) is 5.79 Å². The van der Waals surface area contributed by atoms with Crippen LogP contribution in [0.5, 0.6) is 0 Å². The second-order valence-electron chi connectivity index (χ2n) is 5.69. The molecule has 5 nitrogen and oxygen atoms in total. The van der Waals surface area contributed by atoms with Crippen molar-refractivity contribution in [2.45, 2.75) is 65.6 Å². The van der Waals surface area contributed by atoms with Crippen LogP contribution in [0.25, 0.3) is 0 Å². The molecule has 0 aromatic carbocycles. The van der Waals surface area contributed by atoms with Crippen LogP contribution >= 0.6 is 0 Å². The number of hydrogen-bond donors (Lipinski definition) is 1. The maximum absolute atomic E-state index is 11.8. The normalized spacial score (nSPS) is 19.3. The summed E-state index contributed by atoms with van der Waals surface area (Å²) in [5, 5.41) is 10.1. The first-order valence-electron chi connectivity index (χ1n) is 7.18. The quantitative estimate of drug-likeness (QED) is 0.266. The SMILES string of the molecule is CCCCCCC(C)C(O)=C1C(=O)OC(C)(C)OC1=O. The molecule has 0 saturated carbocycles. The Kier molecular flexibility index (Phi) is 5.60. The van der Waals surface area contributed by atoms with E-state index in [1.807, 2.05) is 0 Å². The van der Waals surface area contributed by atoms with Crippen LogP contribution in [0.1, 0.15) is 59.8 Å². The van der Waals surface area contributed by atoms with Crippen molar-refractivity contribution in [3.8, 4) is 0 Å². The van der Waals surface area contributed by atoms with Gasteiger partial charge in [0, 0.05) is 19.8 Å². The van der Waals surface area contributed by atoms with Crippen molar-refractivity contribution >= 4 is 11.9 Å². The van der Waals surface area contributed by atoms with Gasteiger partial charge in [0.15, 0.2) is 5.57 Å². The summed E-state index contributed by atoms with van der Waals surface area (Å²) in [6.07, 6.45) is 5.02. The molecule has 1 aliphatic heterocycles. The van der Waals surface area contributed by atoms with Crippen LogP contribution in [0.3, 0.4) is 0 Å². The van der Waals surface area contributed by atoms with Gasteiger partial charge in [0.05, 0.1) is 0 Å². The Balaban J connectivity index is 2.73. The predicted molar refractivity (Wildman–Crippen MR) is 73.8 cm³/mol. The number of allylic oxidation sites excluding steroid dienone is 1. The second-order valence-corrected chi connectivity index (χ2v) is 5.69. The number of carbonyl (C=O) groups is 2. The van der Waals surface area contributed by atoms with Crippen molar-refractivity contribution in [3.05, 3.63) is 11.3 Å². The Morgan fingerprint density at radius 3 is 2.20 bits per heavy atom. The number of aliphatic hydroxyl groups is 1. The lowest BCUT2D eigenvalue weighted by Gasteiger charge is -2.30. The highest BCUT2D eigenvalue weighted by molar-refractivity contribution is 6.15. The number of cyclic esters (lactones) is 2. The number of aliphatic hydroxyl groups excluding tert-OH is 1. The van der Waals surface area contributed by atoms with E-state index >= 15 is 0 Å². The van der Waals surface area contributed by atoms with Crippen LogP contribution < -0.4 is 0 Å². The predicted octanol–water partition coefficient (Wildman–Crippen LogP) is 3.24. The van der Waals surface area contributed by atoms with E-state index in [1.54, 1.807) is 6.92 Å². The molecule has 0 amide bonds. The molecule has 1 saturated heterocycles. The van der Waals surface area contributed by atoms with Crippen molar-refractivity contribution < 1.29 is 24.2 Å². The smallest absolute Gasteiger partial charge is 0.352 e. The van der Waals surface area contributed by atoms with Gasteiger partial charge < -0.3 is 14.6 Å². The van der Waals surface area contributed by atoms with Crippen LogP contribution in [0.2, 0.25) is 0 Å². The van der Waals surface area contributed by atoms with Crippen molar-refractivity contribution in [2.75, 3.05) is 0 Å². The Hall–Kier alpha value is -1.52. The van der Waals surface area contributed by atoms with Gasteiger partial charge in [-0.15, -0.1) is 0 Å². The molecule has 1 unspecified atom stereocenters. The molecule has 114 valence electrons. The molecule has 1 N–H and O–H groups in total. The Morgan fingerprint density at radius 1 is 1.15 bits per heavy atom. The highest BCUT2D eigenvalue weighted by atomic mass is 16.7. The van der Waals surface area contributed by atoms with E-state index < -0.39 is 17.7 Å². The van der Waals surface area contributed by atoms with Crippen LogP contribution in [-0.4, -0.2) is 22.8 Å². The molecule has 1 fully saturated rings. The van der Waals surface area contributed by atoms with Crippen LogP contribution in [0.15, 0.2) is 11.3 Å². The lowest BCUT2D eigenvalue weighted by atomic mass is 9.97. The molecule has 20 heavy (non-hydrogen) atoms. The number of esters is 2. The topological polar surface area (TPSA) is 72.8 Å². The molecule has 5 heteroatoms. The van der Waals surface area contributed by atoms with Crippen molar-refractivity contribution in [2.24, 2.45) is 5.92 Å². The van der Waals surface area contributed by atoms with Gasteiger partial charge in [0.1, 0.15) is 5.76 Å². The van der Waals surface area contributed by atoms with Crippen molar-refractivity contribution in [3.63, 3.8) is 0 Å². The lowest BCUT2D eigenvalue weighted by Crippen LogP contribution is -2.42. The Labute approximate surface area is 119 Å². The monoisotopic (exact) mass is 284 g/mol. The summed E-state index contributed by atoms with van der Waals surface area (Å²) >= 11 is 0. The van der Waals surface area contributed by atoms with Gasteiger partial charge in [-0.25, -0.2) is 9.59 Å². The zero-order valence-corrected chi connectivity index (χ0v) is 12.7. The summed E-state index contributed by atoms with van der Waals surface area (Å²) in [5.41, 5.74) is -0.368. The zero-order chi connectivity index (χ0) is 15.3. The fourth-order valence-corrected chi connectivity index (χ4v) is 2.12. The Morgan fingerprint density at radius 2 is 1.70 bits per heavy atom. The molecule has 0 radical (unpaired) electrons. The minimum absolute atomic E-state index is 0.230. The molecule has 0 aromatic rings. The highest BCUT2D eigenvalue weighted by Gasteiger charge is 2.41. The molecular weight excluding hydrogens is 260 g/mol. The third-order valence-electron chi connectivity index (χ3n) is 3.30. The molecule has 0 bridgehead atoms. The van der Waals surface area contributed by atoms with Crippen molar-refractivity contribution in [1.29, 1.82) is 0 Å². The number of unbranched alkanes of at least 4 members (excludes halogenated alkanes) is 3. The number of ether oxygens (including phenoxy) is 2. The van der Waals surface area contributed by atoms with Gasteiger partial charge in [-0.1, -0.05) is 39.5 Å². The average Bonchev–Trinajstić information content (AvgIpc) is 2.31. The number of carbonyl (C=O) groups excluding carboxylic acids is 2. The molecule has 1 rings (SSSR count). The molecule has 1 aliphatic rings. The summed E-state index contributed by atoms with van der Waals surface area (Å²) in [7, 11) is 0. The Bertz CT molecular complexity index is 386. The largest absolute Gasteiger partial charge is 0.511 e. The maximum Gasteiger partial charge on any atom is 0.352 e. The van der Waals surface area contributed by atoms with Crippen LogP contribution in [-0.2, 0) is 19.1 Å². The first kappa shape index (κ1) is 16.5. The van der Waals surface area contributed by atoms with E-state index in [0.717, 1.165) is 32.1 Å². The summed E-state index contributed by atoms with van der Waals surface area (Å²) in [6, 6.07) is 0. The van der Waals surface area contributed by atoms with E-state index in [2.05, 4.69) is 6.92 Å². The second kappa shape index (κ2) is 6.77. The minimum Gasteiger partial charge on any atom is -0.511 e. The van der Waals surface area contributed by atoms with Crippen LogP contribution in [0.4, 0.5) is 0 Å². The third kappa shape index (κ3) is 4.25. The average molecular weight is 284 g/mol. The van der Waals surface area contributed by atoms with E-state index in [0.29, 0.717) is 0 Å². The van der Waals surface area contributed by atoms with Gasteiger partial charge in [-0.05, 0) is 6.42 Å². The maximum atomic E-state index is 11.8. The fourth-order valence-electron chi connectivity index (χ4n) is 2.12. The van der Waals surface area contributed by atoms with Gasteiger partial charge in [-0.2, -0.15) is 0 Å². The van der Waals surface area contributed by atoms with E-state index in [1.165, 1.54) is 13.8 Å². The third-order valence-corrected chi connectivity index (χ3v) is 3.30. The summed E-state index contributed by atoms with van der Waals surface area (Å²) < 4.78 is 9.94. The first-order chi connectivity index (χ1) is 9.28. The molecule has 0 aromatic heterocycles. The molecule has 1 heterocycles. The number of hydrogen-bond acceptors (Lipinski definition) is 5. The van der Waals surface area contributed by atoms with Gasteiger partial charge >= 0.3 is 11.9 Å². The molecular formula is C15H24O5. The first-order valence-corrected chi connectivity index (χ1v) is 7.18. The molecule has 0 spiro atoms. The van der Waals surface area contributed by atoms with Gasteiger partial charge in [-0.3, -0.25) is 0 Å². The van der Waals surface area contributed by atoms with Gasteiger partial charge in [0.2, 0.25) is 0 Å². The van der Waals surface area contributed by atoms with Crippen molar-refractivity contribution in [1.82, 2.24) is 0 Å². The minimum atomic E-state index is -1.28. The van der Waals surface area contributed by atoms with E-state index in [9.17, 15) is 14.7 Å². The molecule has 1 atom stereocenters. The molecule has 0 aliphatic carbocycles. The highest BCUT2D eigenvalue weighted by Crippen LogP contribution is 2.27. The number of rotatable bonds is 6. The summed E-state index contributed by atoms with van der Waals surface area (Å²) in [6.45, 7) is 6.86. The lowest BCUT2D eigenvalue weighted by molar-refractivity contribution is -0.222. The summed E-state index contributed by atoms with van der Waals surface area (Å²) in [4.78, 5) is 23.6. The van der Waals surface area contributed by atoms with E-state index in [4.69, 9.17) is 9.47 Å². The fraction of sp³-hybridized carbons (Fsp3) is 0.733. The summed E-state index contributed by atoms with van der Waals surface area (Å²) in [5.74, 6) is -3.40.